The van der Waals surface area contributed by atoms with E-state index in [2.05, 4.69) is 4.90 Å². The molecule has 1 heterocycles. The normalized spacial score (nSPS) is 22.1. The van der Waals surface area contributed by atoms with Crippen LogP contribution in [0.5, 0.6) is 5.75 Å². The third-order valence-corrected chi connectivity index (χ3v) is 3.56. The van der Waals surface area contributed by atoms with Crippen molar-refractivity contribution in [3.05, 3.63) is 29.8 Å². The van der Waals surface area contributed by atoms with Gasteiger partial charge in [-0.2, -0.15) is 0 Å². The number of nitrogens with zero attached hydrogens (tertiary/aromatic N) is 1. The van der Waals surface area contributed by atoms with Gasteiger partial charge in [-0.1, -0.05) is 18.2 Å². The standard InChI is InChI=1S/C14H22N2O2/c1-17-11-7-8-16(9-11)10-13(15)12-5-3-4-6-14(12)18-2/h3-6,11,13H,7-10,15H2,1-2H3. The lowest BCUT2D eigenvalue weighted by molar-refractivity contribution is 0.107. The molecule has 100 valence electrons. The minimum absolute atomic E-state index is 0.0169. The molecule has 0 amide bonds. The van der Waals surface area contributed by atoms with Crippen molar-refractivity contribution in [2.45, 2.75) is 18.6 Å². The first-order valence-corrected chi connectivity index (χ1v) is 6.38. The van der Waals surface area contributed by atoms with Gasteiger partial charge in [0.2, 0.25) is 0 Å². The number of ether oxygens (including phenoxy) is 2. The van der Waals surface area contributed by atoms with Crippen molar-refractivity contribution in [1.29, 1.82) is 0 Å². The van der Waals surface area contributed by atoms with E-state index in [-0.39, 0.29) is 6.04 Å². The molecular weight excluding hydrogens is 228 g/mol. The number of hydrogen-bond donors (Lipinski definition) is 1. The lowest BCUT2D eigenvalue weighted by Gasteiger charge is -2.22. The molecule has 18 heavy (non-hydrogen) atoms. The van der Waals surface area contributed by atoms with Gasteiger partial charge in [0.15, 0.2) is 0 Å². The van der Waals surface area contributed by atoms with Gasteiger partial charge in [0.25, 0.3) is 0 Å². The lowest BCUT2D eigenvalue weighted by atomic mass is 10.1. The molecule has 1 fully saturated rings. The van der Waals surface area contributed by atoms with Crippen molar-refractivity contribution in [2.75, 3.05) is 33.9 Å². The summed E-state index contributed by atoms with van der Waals surface area (Å²) < 4.78 is 10.7. The summed E-state index contributed by atoms with van der Waals surface area (Å²) in [6, 6.07) is 7.94. The van der Waals surface area contributed by atoms with Gasteiger partial charge < -0.3 is 15.2 Å². The number of methoxy groups -OCH3 is 2. The van der Waals surface area contributed by atoms with Crippen LogP contribution in [0.2, 0.25) is 0 Å². The van der Waals surface area contributed by atoms with Crippen LogP contribution in [0.1, 0.15) is 18.0 Å². The second-order valence-electron chi connectivity index (χ2n) is 4.75. The molecule has 1 aliphatic rings. The van der Waals surface area contributed by atoms with Crippen LogP contribution in [0.15, 0.2) is 24.3 Å². The third kappa shape index (κ3) is 3.02. The molecule has 4 nitrogen and oxygen atoms in total. The Bertz CT molecular complexity index is 384. The highest BCUT2D eigenvalue weighted by Crippen LogP contribution is 2.25. The maximum Gasteiger partial charge on any atom is 0.123 e. The van der Waals surface area contributed by atoms with E-state index in [4.69, 9.17) is 15.2 Å². The average Bonchev–Trinajstić information content (AvgIpc) is 2.86. The van der Waals surface area contributed by atoms with Crippen molar-refractivity contribution >= 4 is 0 Å². The number of hydrogen-bond acceptors (Lipinski definition) is 4. The minimum atomic E-state index is -0.0169. The number of benzene rings is 1. The number of nitrogens with two attached hydrogens (primary N) is 1. The molecule has 1 aromatic carbocycles. The van der Waals surface area contributed by atoms with Crippen LogP contribution >= 0.6 is 0 Å². The van der Waals surface area contributed by atoms with Crippen LogP contribution < -0.4 is 10.5 Å². The number of likely N-dealkylation sites (tertiary alicyclic amines) is 1. The van der Waals surface area contributed by atoms with E-state index in [0.717, 1.165) is 37.4 Å². The maximum atomic E-state index is 6.28. The average molecular weight is 250 g/mol. The van der Waals surface area contributed by atoms with Crippen molar-refractivity contribution in [2.24, 2.45) is 5.73 Å². The van der Waals surface area contributed by atoms with Crippen LogP contribution in [0.4, 0.5) is 0 Å². The first kappa shape index (κ1) is 13.3. The summed E-state index contributed by atoms with van der Waals surface area (Å²) in [7, 11) is 3.46. The second-order valence-corrected chi connectivity index (χ2v) is 4.75. The van der Waals surface area contributed by atoms with Gasteiger partial charge >= 0.3 is 0 Å². The zero-order valence-electron chi connectivity index (χ0n) is 11.1. The highest BCUT2D eigenvalue weighted by Gasteiger charge is 2.24. The summed E-state index contributed by atoms with van der Waals surface area (Å²) in [4.78, 5) is 2.35. The van der Waals surface area contributed by atoms with Crippen molar-refractivity contribution < 1.29 is 9.47 Å². The topological polar surface area (TPSA) is 47.7 Å². The molecule has 4 heteroatoms. The molecule has 2 atom stereocenters. The highest BCUT2D eigenvalue weighted by atomic mass is 16.5. The Labute approximate surface area is 109 Å². The summed E-state index contributed by atoms with van der Waals surface area (Å²) in [5.74, 6) is 0.868. The Morgan fingerprint density at radius 3 is 2.83 bits per heavy atom. The van der Waals surface area contributed by atoms with Gasteiger partial charge in [-0.05, 0) is 12.5 Å². The van der Waals surface area contributed by atoms with E-state index in [1.807, 2.05) is 24.3 Å². The van der Waals surface area contributed by atoms with E-state index in [0.29, 0.717) is 6.10 Å². The Kier molecular flexibility index (Phi) is 4.58. The van der Waals surface area contributed by atoms with Crippen LogP contribution in [0, 0.1) is 0 Å². The Morgan fingerprint density at radius 2 is 2.17 bits per heavy atom. The predicted molar refractivity (Wildman–Crippen MR) is 71.8 cm³/mol. The fraction of sp³-hybridized carbons (Fsp3) is 0.571. The molecule has 0 spiro atoms. The number of para-hydroxylation sites is 1. The summed E-state index contributed by atoms with van der Waals surface area (Å²) in [5.41, 5.74) is 7.35. The smallest absolute Gasteiger partial charge is 0.123 e. The monoisotopic (exact) mass is 250 g/mol. The van der Waals surface area contributed by atoms with E-state index < -0.39 is 0 Å². The third-order valence-electron chi connectivity index (χ3n) is 3.56. The fourth-order valence-corrected chi connectivity index (χ4v) is 2.50. The highest BCUT2D eigenvalue weighted by molar-refractivity contribution is 5.35. The Balaban J connectivity index is 1.97. The molecule has 1 aliphatic heterocycles. The van der Waals surface area contributed by atoms with Gasteiger partial charge in [0.05, 0.1) is 13.2 Å². The maximum absolute atomic E-state index is 6.28. The Morgan fingerprint density at radius 1 is 1.39 bits per heavy atom. The summed E-state index contributed by atoms with van der Waals surface area (Å²) >= 11 is 0. The molecular formula is C14H22N2O2. The van der Waals surface area contributed by atoms with Crippen molar-refractivity contribution in [3.63, 3.8) is 0 Å². The summed E-state index contributed by atoms with van der Waals surface area (Å²) in [6.07, 6.45) is 1.45. The molecule has 0 radical (unpaired) electrons. The molecule has 2 unspecified atom stereocenters. The zero-order chi connectivity index (χ0) is 13.0. The largest absolute Gasteiger partial charge is 0.496 e. The van der Waals surface area contributed by atoms with E-state index in [9.17, 15) is 0 Å². The van der Waals surface area contributed by atoms with Crippen molar-refractivity contribution in [1.82, 2.24) is 4.90 Å². The first-order valence-electron chi connectivity index (χ1n) is 6.38. The van der Waals surface area contributed by atoms with Crippen molar-refractivity contribution in [3.8, 4) is 5.75 Å². The lowest BCUT2D eigenvalue weighted by Crippen LogP contribution is -2.31. The minimum Gasteiger partial charge on any atom is -0.496 e. The molecule has 0 aromatic heterocycles. The molecule has 0 saturated carbocycles. The molecule has 0 aliphatic carbocycles. The van der Waals surface area contributed by atoms with E-state index in [1.54, 1.807) is 14.2 Å². The predicted octanol–water partition coefficient (Wildman–Crippen LogP) is 1.42. The molecule has 0 bridgehead atoms. The molecule has 1 saturated heterocycles. The zero-order valence-corrected chi connectivity index (χ0v) is 11.1. The fourth-order valence-electron chi connectivity index (χ4n) is 2.50. The van der Waals surface area contributed by atoms with Crippen LogP contribution in [-0.2, 0) is 4.74 Å². The van der Waals surface area contributed by atoms with Crippen LogP contribution in [-0.4, -0.2) is 44.9 Å². The Hall–Kier alpha value is -1.10. The quantitative estimate of drug-likeness (QED) is 0.858. The second kappa shape index (κ2) is 6.18. The van der Waals surface area contributed by atoms with Crippen LogP contribution in [0.3, 0.4) is 0 Å². The van der Waals surface area contributed by atoms with Gasteiger partial charge in [0, 0.05) is 38.3 Å². The van der Waals surface area contributed by atoms with Gasteiger partial charge in [0.1, 0.15) is 5.75 Å². The molecule has 2 rings (SSSR count). The number of rotatable bonds is 5. The summed E-state index contributed by atoms with van der Waals surface area (Å²) in [5, 5.41) is 0. The van der Waals surface area contributed by atoms with Gasteiger partial charge in [-0.25, -0.2) is 0 Å². The summed E-state index contributed by atoms with van der Waals surface area (Å²) in [6.45, 7) is 2.88. The molecule has 1 aromatic rings. The van der Waals surface area contributed by atoms with Gasteiger partial charge in [-0.3, -0.25) is 4.90 Å². The van der Waals surface area contributed by atoms with E-state index >= 15 is 0 Å². The van der Waals surface area contributed by atoms with E-state index in [1.165, 1.54) is 0 Å². The first-order chi connectivity index (χ1) is 8.74. The molecule has 2 N–H and O–H groups in total. The van der Waals surface area contributed by atoms with Gasteiger partial charge in [-0.15, -0.1) is 0 Å². The van der Waals surface area contributed by atoms with Crippen LogP contribution in [0.25, 0.3) is 0 Å². The SMILES string of the molecule is COc1ccccc1C(N)CN1CCC(OC)C1.